The number of aromatic amines is 1. The summed E-state index contributed by atoms with van der Waals surface area (Å²) in [6.07, 6.45) is 0. The van der Waals surface area contributed by atoms with Gasteiger partial charge < -0.3 is 5.11 Å². The second-order valence-electron chi connectivity index (χ2n) is 3.73. The van der Waals surface area contributed by atoms with Crippen LogP contribution in [-0.4, -0.2) is 14.9 Å². The minimum Gasteiger partial charge on any atom is -0.493 e. The van der Waals surface area contributed by atoms with E-state index in [1.165, 1.54) is 4.68 Å². The third-order valence-corrected chi connectivity index (χ3v) is 2.64. The van der Waals surface area contributed by atoms with Gasteiger partial charge in [-0.3, -0.25) is 9.89 Å². The van der Waals surface area contributed by atoms with E-state index in [0.29, 0.717) is 16.3 Å². The Hall–Kier alpha value is -1.94. The number of rotatable bonds is 2. The van der Waals surface area contributed by atoms with Crippen molar-refractivity contribution in [2.75, 3.05) is 0 Å². The van der Waals surface area contributed by atoms with Crippen LogP contribution in [0.25, 0.3) is 11.3 Å². The van der Waals surface area contributed by atoms with Gasteiger partial charge in [-0.1, -0.05) is 18.2 Å². The molecule has 0 radical (unpaired) electrons. The van der Waals surface area contributed by atoms with Crippen molar-refractivity contribution in [1.29, 1.82) is 0 Å². The molecule has 2 aromatic rings. The molecular weight excluding hydrogens is 240 g/mol. The third-order valence-electron chi connectivity index (χ3n) is 2.39. The van der Waals surface area contributed by atoms with Crippen molar-refractivity contribution in [3.63, 3.8) is 0 Å². The van der Waals surface area contributed by atoms with E-state index in [1.807, 2.05) is 0 Å². The number of nitrogens with zero attached hydrogens (tertiary/aromatic N) is 1. The molecule has 5 heteroatoms. The molecule has 2 N–H and O–H groups in total. The summed E-state index contributed by atoms with van der Waals surface area (Å²) in [4.78, 5) is 11.6. The summed E-state index contributed by atoms with van der Waals surface area (Å²) >= 11 is 5.77. The highest BCUT2D eigenvalue weighted by Crippen LogP contribution is 2.23. The number of hydrogen-bond donors (Lipinski definition) is 2. The molecule has 1 aromatic carbocycles. The van der Waals surface area contributed by atoms with E-state index in [9.17, 15) is 9.90 Å². The Kier molecular flexibility index (Phi) is 2.81. The van der Waals surface area contributed by atoms with E-state index in [1.54, 1.807) is 31.2 Å². The average Bonchev–Trinajstić information content (AvgIpc) is 2.55. The minimum atomic E-state index is -0.370. The molecule has 88 valence electrons. The van der Waals surface area contributed by atoms with Gasteiger partial charge in [-0.25, -0.2) is 4.68 Å². The second-order valence-corrected chi connectivity index (χ2v) is 4.17. The average molecular weight is 251 g/mol. The first kappa shape index (κ1) is 11.5. The standard InChI is InChI=1S/C12H11ClN2O2/c1-7(2)10-11(16)14-15(12(10)17)9-5-3-8(13)4-6-9/h3-6,17H,1H2,2H3,(H,14,16). The van der Waals surface area contributed by atoms with Gasteiger partial charge in [-0.15, -0.1) is 0 Å². The van der Waals surface area contributed by atoms with E-state index in [-0.39, 0.29) is 17.0 Å². The Morgan fingerprint density at radius 1 is 1.41 bits per heavy atom. The highest BCUT2D eigenvalue weighted by atomic mass is 35.5. The Labute approximate surface area is 103 Å². The van der Waals surface area contributed by atoms with Crippen LogP contribution in [0.5, 0.6) is 5.88 Å². The molecule has 2 rings (SSSR count). The highest BCUT2D eigenvalue weighted by molar-refractivity contribution is 6.30. The summed E-state index contributed by atoms with van der Waals surface area (Å²) in [6, 6.07) is 6.74. The fraction of sp³-hybridized carbons (Fsp3) is 0.0833. The molecule has 0 atom stereocenters. The van der Waals surface area contributed by atoms with E-state index in [2.05, 4.69) is 11.7 Å². The SMILES string of the molecule is C=C(C)c1c(O)n(-c2ccc(Cl)cc2)[nH]c1=O. The molecule has 0 spiro atoms. The smallest absolute Gasteiger partial charge is 0.275 e. The molecule has 0 bridgehead atoms. The number of H-pyrrole nitrogens is 1. The van der Waals surface area contributed by atoms with Crippen molar-refractivity contribution in [3.05, 3.63) is 51.8 Å². The van der Waals surface area contributed by atoms with Crippen LogP contribution in [0.4, 0.5) is 0 Å². The summed E-state index contributed by atoms with van der Waals surface area (Å²) in [5.74, 6) is -0.148. The van der Waals surface area contributed by atoms with E-state index < -0.39 is 0 Å². The van der Waals surface area contributed by atoms with Gasteiger partial charge in [0.15, 0.2) is 0 Å². The van der Waals surface area contributed by atoms with E-state index in [4.69, 9.17) is 11.6 Å². The van der Waals surface area contributed by atoms with E-state index in [0.717, 1.165) is 0 Å². The predicted octanol–water partition coefficient (Wildman–Crippen LogP) is 2.56. The zero-order valence-electron chi connectivity index (χ0n) is 9.20. The normalized spacial score (nSPS) is 10.5. The molecule has 0 saturated heterocycles. The van der Waals surface area contributed by atoms with Gasteiger partial charge >= 0.3 is 0 Å². The molecule has 0 unspecified atom stereocenters. The number of aromatic nitrogens is 2. The van der Waals surface area contributed by atoms with Crippen LogP contribution in [0, 0.1) is 0 Å². The van der Waals surface area contributed by atoms with Crippen LogP contribution in [0.1, 0.15) is 12.5 Å². The van der Waals surface area contributed by atoms with Crippen LogP contribution >= 0.6 is 11.6 Å². The molecule has 17 heavy (non-hydrogen) atoms. The molecule has 1 heterocycles. The molecule has 0 aliphatic heterocycles. The summed E-state index contributed by atoms with van der Waals surface area (Å²) < 4.78 is 1.29. The minimum absolute atomic E-state index is 0.148. The maximum absolute atomic E-state index is 11.6. The van der Waals surface area contributed by atoms with Crippen molar-refractivity contribution >= 4 is 17.2 Å². The monoisotopic (exact) mass is 250 g/mol. The fourth-order valence-corrected chi connectivity index (χ4v) is 1.71. The summed E-state index contributed by atoms with van der Waals surface area (Å²) in [5, 5.41) is 13.1. The van der Waals surface area contributed by atoms with Crippen molar-refractivity contribution in [2.45, 2.75) is 6.92 Å². The van der Waals surface area contributed by atoms with Crippen LogP contribution in [-0.2, 0) is 0 Å². The Balaban J connectivity index is 2.61. The van der Waals surface area contributed by atoms with Crippen molar-refractivity contribution in [1.82, 2.24) is 9.78 Å². The van der Waals surface area contributed by atoms with Gasteiger partial charge in [-0.05, 0) is 36.8 Å². The molecule has 1 aromatic heterocycles. The lowest BCUT2D eigenvalue weighted by atomic mass is 10.2. The number of aromatic hydroxyl groups is 1. The molecule has 0 aliphatic rings. The molecule has 0 fully saturated rings. The third kappa shape index (κ3) is 1.99. The van der Waals surface area contributed by atoms with Gasteiger partial charge in [-0.2, -0.15) is 0 Å². The van der Waals surface area contributed by atoms with Crippen molar-refractivity contribution in [2.24, 2.45) is 0 Å². The summed E-state index contributed by atoms with van der Waals surface area (Å²) in [7, 11) is 0. The van der Waals surface area contributed by atoms with Crippen LogP contribution in [0.15, 0.2) is 35.6 Å². The number of nitrogens with one attached hydrogen (secondary N) is 1. The molecule has 0 amide bonds. The second kappa shape index (κ2) is 4.14. The van der Waals surface area contributed by atoms with Gasteiger partial charge in [0.25, 0.3) is 5.56 Å². The predicted molar refractivity (Wildman–Crippen MR) is 67.8 cm³/mol. The van der Waals surface area contributed by atoms with Crippen LogP contribution in [0.2, 0.25) is 5.02 Å². The lowest BCUT2D eigenvalue weighted by Gasteiger charge is -2.04. The van der Waals surface area contributed by atoms with Gasteiger partial charge in [0.1, 0.15) is 5.56 Å². The van der Waals surface area contributed by atoms with Gasteiger partial charge in [0, 0.05) is 5.02 Å². The first-order valence-electron chi connectivity index (χ1n) is 4.96. The van der Waals surface area contributed by atoms with Gasteiger partial charge in [0.05, 0.1) is 5.69 Å². The quantitative estimate of drug-likeness (QED) is 0.861. The highest BCUT2D eigenvalue weighted by Gasteiger charge is 2.15. The Morgan fingerprint density at radius 3 is 2.47 bits per heavy atom. The van der Waals surface area contributed by atoms with E-state index >= 15 is 0 Å². The zero-order chi connectivity index (χ0) is 12.6. The van der Waals surface area contributed by atoms with Crippen molar-refractivity contribution in [3.8, 4) is 11.6 Å². The summed E-state index contributed by atoms with van der Waals surface area (Å²) in [5.41, 5.74) is 0.956. The molecule has 0 saturated carbocycles. The number of hydrogen-bond acceptors (Lipinski definition) is 2. The lowest BCUT2D eigenvalue weighted by molar-refractivity contribution is 0.432. The summed E-state index contributed by atoms with van der Waals surface area (Å²) in [6.45, 7) is 5.32. The molecule has 0 aliphatic carbocycles. The van der Waals surface area contributed by atoms with Crippen molar-refractivity contribution < 1.29 is 5.11 Å². The fourth-order valence-electron chi connectivity index (χ4n) is 1.59. The Bertz CT molecular complexity index is 623. The first-order valence-corrected chi connectivity index (χ1v) is 5.34. The lowest BCUT2D eigenvalue weighted by Crippen LogP contribution is -2.06. The maximum atomic E-state index is 11.6. The maximum Gasteiger partial charge on any atom is 0.275 e. The number of allylic oxidation sites excluding steroid dienone is 1. The first-order chi connectivity index (χ1) is 8.00. The topological polar surface area (TPSA) is 58.0 Å². The van der Waals surface area contributed by atoms with Crippen LogP contribution < -0.4 is 5.56 Å². The largest absolute Gasteiger partial charge is 0.493 e. The zero-order valence-corrected chi connectivity index (χ0v) is 9.95. The molecule has 4 nitrogen and oxygen atoms in total. The Morgan fingerprint density at radius 2 is 2.00 bits per heavy atom. The molecular formula is C12H11ClN2O2. The van der Waals surface area contributed by atoms with Crippen LogP contribution in [0.3, 0.4) is 0 Å². The van der Waals surface area contributed by atoms with Gasteiger partial charge in [0.2, 0.25) is 5.88 Å². The number of halogens is 1. The number of benzene rings is 1.